The van der Waals surface area contributed by atoms with E-state index >= 15 is 0 Å². The van der Waals surface area contributed by atoms with Gasteiger partial charge in [-0.3, -0.25) is 9.59 Å². The molecule has 144 valence electrons. The summed E-state index contributed by atoms with van der Waals surface area (Å²) in [6, 6.07) is 7.06. The van der Waals surface area contributed by atoms with Gasteiger partial charge in [-0.15, -0.1) is 11.3 Å². The summed E-state index contributed by atoms with van der Waals surface area (Å²) in [5, 5.41) is 6.62. The van der Waals surface area contributed by atoms with Gasteiger partial charge < -0.3 is 20.1 Å². The maximum absolute atomic E-state index is 12.8. The molecular weight excluding hydrogens is 364 g/mol. The summed E-state index contributed by atoms with van der Waals surface area (Å²) in [4.78, 5) is 25.3. The zero-order valence-corrected chi connectivity index (χ0v) is 16.7. The fourth-order valence-corrected chi connectivity index (χ4v) is 3.83. The first kappa shape index (κ1) is 19.2. The molecule has 0 aliphatic heterocycles. The second-order valence-electron chi connectivity index (χ2n) is 6.69. The molecule has 1 fully saturated rings. The molecule has 1 aromatic heterocycles. The van der Waals surface area contributed by atoms with E-state index in [2.05, 4.69) is 10.6 Å². The van der Waals surface area contributed by atoms with Gasteiger partial charge in [0.15, 0.2) is 0 Å². The molecule has 2 N–H and O–H groups in total. The standard InChI is InChI=1S/C20H24N2O4S/c1-11-9-17(22-19(23)13-5-6-13)27-18(11)20(24)21-12(2)15-10-14(25-3)7-8-16(15)26-4/h7-10,12-13H,5-6H2,1-4H3,(H,21,24)(H,22,23)/t12-/m1/s1. The summed E-state index contributed by atoms with van der Waals surface area (Å²) >= 11 is 1.30. The molecule has 7 heteroatoms. The average molecular weight is 388 g/mol. The minimum atomic E-state index is -0.270. The van der Waals surface area contributed by atoms with Crippen LogP contribution in [-0.2, 0) is 4.79 Å². The number of anilines is 1. The van der Waals surface area contributed by atoms with Gasteiger partial charge in [-0.1, -0.05) is 0 Å². The van der Waals surface area contributed by atoms with E-state index in [9.17, 15) is 9.59 Å². The summed E-state index contributed by atoms with van der Waals surface area (Å²) in [5.74, 6) is 1.37. The number of hydrogen-bond donors (Lipinski definition) is 2. The molecule has 3 rings (SSSR count). The van der Waals surface area contributed by atoms with Crippen LogP contribution < -0.4 is 20.1 Å². The molecule has 1 atom stereocenters. The third kappa shape index (κ3) is 4.42. The lowest BCUT2D eigenvalue weighted by Crippen LogP contribution is -2.26. The Balaban J connectivity index is 1.73. The fourth-order valence-electron chi connectivity index (χ4n) is 2.86. The largest absolute Gasteiger partial charge is 0.497 e. The molecule has 6 nitrogen and oxygen atoms in total. The quantitative estimate of drug-likeness (QED) is 0.754. The number of benzene rings is 1. The number of rotatable bonds is 7. The van der Waals surface area contributed by atoms with Crippen molar-refractivity contribution in [3.8, 4) is 11.5 Å². The van der Waals surface area contributed by atoms with Crippen LogP contribution in [0.2, 0.25) is 0 Å². The molecule has 0 spiro atoms. The van der Waals surface area contributed by atoms with Gasteiger partial charge in [0.2, 0.25) is 5.91 Å². The van der Waals surface area contributed by atoms with E-state index in [0.29, 0.717) is 21.4 Å². The lowest BCUT2D eigenvalue weighted by atomic mass is 10.1. The molecule has 1 aliphatic rings. The highest BCUT2D eigenvalue weighted by Gasteiger charge is 2.30. The predicted octanol–water partition coefficient (Wildman–Crippen LogP) is 3.91. The number of methoxy groups -OCH3 is 2. The Bertz CT molecular complexity index is 858. The Hall–Kier alpha value is -2.54. The third-order valence-electron chi connectivity index (χ3n) is 4.57. The number of ether oxygens (including phenoxy) is 2. The van der Waals surface area contributed by atoms with Crippen molar-refractivity contribution in [2.45, 2.75) is 32.7 Å². The van der Waals surface area contributed by atoms with Gasteiger partial charge in [-0.25, -0.2) is 0 Å². The first-order valence-corrected chi connectivity index (χ1v) is 9.68. The summed E-state index contributed by atoms with van der Waals surface area (Å²) in [6.45, 7) is 3.77. The first-order chi connectivity index (χ1) is 12.9. The Morgan fingerprint density at radius 2 is 1.93 bits per heavy atom. The Morgan fingerprint density at radius 1 is 1.19 bits per heavy atom. The van der Waals surface area contributed by atoms with Crippen LogP contribution in [0.15, 0.2) is 24.3 Å². The normalized spacial score (nSPS) is 14.4. The van der Waals surface area contributed by atoms with Crippen LogP contribution in [0, 0.1) is 12.8 Å². The van der Waals surface area contributed by atoms with Gasteiger partial charge in [0, 0.05) is 11.5 Å². The van der Waals surface area contributed by atoms with Crippen molar-refractivity contribution >= 4 is 28.2 Å². The number of hydrogen-bond acceptors (Lipinski definition) is 5. The van der Waals surface area contributed by atoms with E-state index in [-0.39, 0.29) is 23.8 Å². The molecule has 1 heterocycles. The second-order valence-corrected chi connectivity index (χ2v) is 7.74. The van der Waals surface area contributed by atoms with Crippen LogP contribution in [0.25, 0.3) is 0 Å². The predicted molar refractivity (Wildman–Crippen MR) is 106 cm³/mol. The van der Waals surface area contributed by atoms with Gasteiger partial charge in [0.25, 0.3) is 5.91 Å². The van der Waals surface area contributed by atoms with Crippen LogP contribution in [-0.4, -0.2) is 26.0 Å². The highest BCUT2D eigenvalue weighted by molar-refractivity contribution is 7.18. The molecule has 2 amide bonds. The van der Waals surface area contributed by atoms with Crippen LogP contribution in [0.4, 0.5) is 5.00 Å². The number of thiophene rings is 1. The number of amides is 2. The van der Waals surface area contributed by atoms with Gasteiger partial charge >= 0.3 is 0 Å². The molecule has 27 heavy (non-hydrogen) atoms. The number of carbonyl (C=O) groups excluding carboxylic acids is 2. The van der Waals surface area contributed by atoms with Crippen molar-refractivity contribution in [1.29, 1.82) is 0 Å². The highest BCUT2D eigenvalue weighted by Crippen LogP contribution is 2.33. The van der Waals surface area contributed by atoms with Gasteiger partial charge in [-0.2, -0.15) is 0 Å². The summed E-state index contributed by atoms with van der Waals surface area (Å²) < 4.78 is 10.7. The van der Waals surface area contributed by atoms with E-state index < -0.39 is 0 Å². The van der Waals surface area contributed by atoms with Crippen LogP contribution in [0.3, 0.4) is 0 Å². The topological polar surface area (TPSA) is 76.7 Å². The molecule has 0 unspecified atom stereocenters. The lowest BCUT2D eigenvalue weighted by molar-refractivity contribution is -0.117. The summed E-state index contributed by atoms with van der Waals surface area (Å²) in [6.07, 6.45) is 1.90. The third-order valence-corrected chi connectivity index (χ3v) is 5.72. The van der Waals surface area contributed by atoms with Crippen LogP contribution >= 0.6 is 11.3 Å². The Morgan fingerprint density at radius 3 is 2.56 bits per heavy atom. The smallest absolute Gasteiger partial charge is 0.262 e. The van der Waals surface area contributed by atoms with Crippen molar-refractivity contribution in [2.24, 2.45) is 5.92 Å². The SMILES string of the molecule is COc1ccc(OC)c([C@@H](C)NC(=O)c2sc(NC(=O)C3CC3)cc2C)c1. The molecular formula is C20H24N2O4S. The van der Waals surface area contributed by atoms with E-state index in [0.717, 1.165) is 24.0 Å². The molecule has 0 saturated heterocycles. The van der Waals surface area contributed by atoms with E-state index in [4.69, 9.17) is 9.47 Å². The molecule has 1 aliphatic carbocycles. The maximum atomic E-state index is 12.8. The minimum absolute atomic E-state index is 0.0395. The summed E-state index contributed by atoms with van der Waals surface area (Å²) in [7, 11) is 3.19. The fraction of sp³-hybridized carbons (Fsp3) is 0.400. The molecule has 1 saturated carbocycles. The van der Waals surface area contributed by atoms with Gasteiger partial charge in [0.1, 0.15) is 11.5 Å². The molecule has 0 bridgehead atoms. The van der Waals surface area contributed by atoms with E-state index in [1.807, 2.05) is 38.1 Å². The highest BCUT2D eigenvalue weighted by atomic mass is 32.1. The Labute approximate surface area is 162 Å². The van der Waals surface area contributed by atoms with Crippen LogP contribution in [0.1, 0.15) is 46.6 Å². The van der Waals surface area contributed by atoms with E-state index in [1.165, 1.54) is 11.3 Å². The zero-order valence-electron chi connectivity index (χ0n) is 15.9. The van der Waals surface area contributed by atoms with Crippen molar-refractivity contribution in [3.05, 3.63) is 40.3 Å². The lowest BCUT2D eigenvalue weighted by Gasteiger charge is -2.18. The summed E-state index contributed by atoms with van der Waals surface area (Å²) in [5.41, 5.74) is 1.68. The maximum Gasteiger partial charge on any atom is 0.262 e. The number of carbonyl (C=O) groups is 2. The monoisotopic (exact) mass is 388 g/mol. The first-order valence-electron chi connectivity index (χ1n) is 8.87. The van der Waals surface area contributed by atoms with E-state index in [1.54, 1.807) is 14.2 Å². The minimum Gasteiger partial charge on any atom is -0.497 e. The molecule has 1 aromatic carbocycles. The molecule has 0 radical (unpaired) electrons. The zero-order chi connectivity index (χ0) is 19.6. The van der Waals surface area contributed by atoms with Gasteiger partial charge in [-0.05, 0) is 56.5 Å². The van der Waals surface area contributed by atoms with Gasteiger partial charge in [0.05, 0.1) is 30.1 Å². The Kier molecular flexibility index (Phi) is 5.70. The van der Waals surface area contributed by atoms with Crippen molar-refractivity contribution in [2.75, 3.05) is 19.5 Å². The van der Waals surface area contributed by atoms with Crippen molar-refractivity contribution < 1.29 is 19.1 Å². The molecule has 2 aromatic rings. The second kappa shape index (κ2) is 8.00. The van der Waals surface area contributed by atoms with Crippen molar-refractivity contribution in [1.82, 2.24) is 5.32 Å². The van der Waals surface area contributed by atoms with Crippen LogP contribution in [0.5, 0.6) is 11.5 Å². The van der Waals surface area contributed by atoms with Crippen molar-refractivity contribution in [3.63, 3.8) is 0 Å². The number of nitrogens with one attached hydrogen (secondary N) is 2. The average Bonchev–Trinajstić information content (AvgIpc) is 3.44. The number of aryl methyl sites for hydroxylation is 1.